The Morgan fingerprint density at radius 3 is 1.98 bits per heavy atom. The summed E-state index contributed by atoms with van der Waals surface area (Å²) in [7, 11) is -1.34. The fourth-order valence-corrected chi connectivity index (χ4v) is 9.74. The molecular weight excluding hydrogens is 1000 g/mol. The van der Waals surface area contributed by atoms with Gasteiger partial charge in [-0.05, 0) is 81.6 Å². The van der Waals surface area contributed by atoms with Gasteiger partial charge < -0.3 is 14.0 Å². The van der Waals surface area contributed by atoms with Crippen molar-refractivity contribution in [2.75, 3.05) is 0 Å². The van der Waals surface area contributed by atoms with Crippen molar-refractivity contribution >= 4 is 46.2 Å². The fourth-order valence-electron chi connectivity index (χ4n) is 8.70. The maximum Gasteiger partial charge on any atom is 0.121 e. The van der Waals surface area contributed by atoms with Gasteiger partial charge in [0.1, 0.15) is 5.58 Å². The molecule has 6 aromatic carbocycles. The van der Waals surface area contributed by atoms with E-state index in [0.29, 0.717) is 17.4 Å². The molecule has 5 nitrogen and oxygen atoms in total. The Balaban J connectivity index is 0.000000257. The quantitative estimate of drug-likeness (QED) is 0.112. The summed E-state index contributed by atoms with van der Waals surface area (Å²) in [5.41, 5.74) is 17.2. The minimum Gasteiger partial charge on any atom is -0.501 e. The summed E-state index contributed by atoms with van der Waals surface area (Å²) in [5.74, 6) is 1.45. The zero-order chi connectivity index (χ0) is 48.1. The zero-order valence-electron chi connectivity index (χ0n) is 42.0. The minimum atomic E-state index is -2.08. The van der Waals surface area contributed by atoms with Crippen LogP contribution >= 0.6 is 0 Å². The molecule has 0 N–H and O–H groups in total. The van der Waals surface area contributed by atoms with Crippen molar-refractivity contribution < 1.29 is 28.6 Å². The number of rotatable bonds is 8. The molecule has 333 valence electrons. The van der Waals surface area contributed by atoms with Gasteiger partial charge in [-0.1, -0.05) is 162 Å². The van der Waals surface area contributed by atoms with Crippen molar-refractivity contribution in [2.45, 2.75) is 79.9 Å². The van der Waals surface area contributed by atoms with E-state index in [1.807, 2.05) is 36.8 Å². The van der Waals surface area contributed by atoms with Crippen molar-refractivity contribution in [1.82, 2.24) is 19.5 Å². The Bertz CT molecular complexity index is 3340. The van der Waals surface area contributed by atoms with Crippen LogP contribution in [-0.4, -0.2) is 27.6 Å². The zero-order valence-corrected chi connectivity index (χ0v) is 42.4. The van der Waals surface area contributed by atoms with Gasteiger partial charge in [0.15, 0.2) is 0 Å². The van der Waals surface area contributed by atoms with Crippen LogP contribution in [0.25, 0.3) is 83.6 Å². The number of nitrogens with zero attached hydrogens (tertiary/aromatic N) is 4. The molecule has 7 heteroatoms. The van der Waals surface area contributed by atoms with Gasteiger partial charge in [-0.15, -0.1) is 53.6 Å². The van der Waals surface area contributed by atoms with Gasteiger partial charge in [0.25, 0.3) is 0 Å². The second kappa shape index (κ2) is 18.9. The predicted octanol–water partition coefficient (Wildman–Crippen LogP) is 15.4. The van der Waals surface area contributed by atoms with Gasteiger partial charge in [-0.25, -0.2) is 0 Å². The van der Waals surface area contributed by atoms with Gasteiger partial charge in [0.05, 0.1) is 36.7 Å². The van der Waals surface area contributed by atoms with Crippen molar-refractivity contribution in [2.24, 2.45) is 0 Å². The summed E-state index contributed by atoms with van der Waals surface area (Å²) >= 11 is 0. The molecule has 10 aromatic rings. The molecule has 0 aliphatic heterocycles. The molecule has 0 saturated carbocycles. The normalized spacial score (nSPS) is 12.5. The Morgan fingerprint density at radius 1 is 0.682 bits per heavy atom. The average molecular weight is 1060 g/mol. The summed E-state index contributed by atoms with van der Waals surface area (Å²) < 4.78 is 31.2. The third-order valence-corrected chi connectivity index (χ3v) is 14.3. The van der Waals surface area contributed by atoms with E-state index in [-0.39, 0.29) is 20.1 Å². The first-order valence-electron chi connectivity index (χ1n) is 24.0. The Kier molecular flexibility index (Phi) is 12.2. The minimum absolute atomic E-state index is 0. The molecule has 0 aliphatic rings. The second-order valence-electron chi connectivity index (χ2n) is 18.7. The number of aryl methyl sites for hydroxylation is 3. The molecule has 4 heterocycles. The molecule has 4 aromatic heterocycles. The first-order chi connectivity index (χ1) is 32.5. The molecule has 66 heavy (non-hydrogen) atoms. The number of hydrogen-bond donors (Lipinski definition) is 0. The van der Waals surface area contributed by atoms with Gasteiger partial charge in [0.2, 0.25) is 0 Å². The van der Waals surface area contributed by atoms with E-state index in [0.717, 1.165) is 72.3 Å². The molecule has 10 rings (SSSR count). The summed E-state index contributed by atoms with van der Waals surface area (Å²) in [6.07, 6.45) is 5.73. The SMILES string of the molecule is Cc1cc(C(C)C)c(-n2c(-c3[c-]ccc4c3oc3cc(-c5ccc(-c6ccccc6)cc5)ccc34)nc3cncc(C)c32)c(C(C)C)c1.[2H]C([2H])([2H])c1c[c-]c(-c2ccc([Si](C)(C)C)cn2)cc1.[Ir]. The van der Waals surface area contributed by atoms with Crippen LogP contribution < -0.4 is 5.19 Å². The number of furan rings is 1. The maximum atomic E-state index is 7.35. The molecule has 0 aliphatic carbocycles. The largest absolute Gasteiger partial charge is 0.501 e. The maximum absolute atomic E-state index is 7.35. The van der Waals surface area contributed by atoms with Crippen LogP contribution in [0.15, 0.2) is 150 Å². The van der Waals surface area contributed by atoms with Crippen molar-refractivity contribution in [3.8, 4) is 50.6 Å². The molecular formula is C59H56IrN4OSi-2. The third kappa shape index (κ3) is 9.13. The molecule has 0 saturated heterocycles. The molecule has 0 fully saturated rings. The van der Waals surface area contributed by atoms with Crippen LogP contribution in [0.1, 0.15) is 71.5 Å². The van der Waals surface area contributed by atoms with Crippen LogP contribution in [0, 0.1) is 32.8 Å². The summed E-state index contributed by atoms with van der Waals surface area (Å²) in [6.45, 7) is 18.2. The van der Waals surface area contributed by atoms with Gasteiger partial charge >= 0.3 is 0 Å². The van der Waals surface area contributed by atoms with Gasteiger partial charge in [-0.2, -0.15) is 0 Å². The van der Waals surface area contributed by atoms with Crippen molar-refractivity contribution in [3.63, 3.8) is 0 Å². The van der Waals surface area contributed by atoms with Crippen LogP contribution in [0.2, 0.25) is 19.6 Å². The number of benzene rings is 6. The smallest absolute Gasteiger partial charge is 0.121 e. The number of imidazole rings is 1. The monoisotopic (exact) mass is 1060 g/mol. The molecule has 0 spiro atoms. The van der Waals surface area contributed by atoms with Crippen LogP contribution in [0.5, 0.6) is 0 Å². The van der Waals surface area contributed by atoms with Crippen LogP contribution in [0.3, 0.4) is 0 Å². The molecule has 0 bridgehead atoms. The topological polar surface area (TPSA) is 56.7 Å². The summed E-state index contributed by atoms with van der Waals surface area (Å²) in [4.78, 5) is 14.3. The number of aromatic nitrogens is 4. The number of pyridine rings is 2. The third-order valence-electron chi connectivity index (χ3n) is 12.2. The Morgan fingerprint density at radius 2 is 1.36 bits per heavy atom. The number of hydrogen-bond acceptors (Lipinski definition) is 4. The Hall–Kier alpha value is -6.24. The van der Waals surface area contributed by atoms with E-state index >= 15 is 0 Å². The Labute approximate surface area is 408 Å². The van der Waals surface area contributed by atoms with Crippen LogP contribution in [0.4, 0.5) is 0 Å². The standard InChI is InChI=1S/C44H38N3O.C15H18NSi.Ir/c1-26(2)37-21-28(5)22-38(27(3)4)42(37)47-41-29(6)24-45-25-39(41)46-44(47)36-14-10-13-35-34-20-19-33(23-40(34)48-43(35)36)32-17-15-31(16-18-32)30-11-8-7-9-12-30;1-12-5-7-13(8-6-12)15-10-9-14(11-16-15)17(2,3)4;/h7-13,15-27H,1-6H3;5-7,9-11H,1-4H3;/q2*-1;/i;1D3;. The summed E-state index contributed by atoms with van der Waals surface area (Å²) in [6, 6.07) is 50.1. The summed E-state index contributed by atoms with van der Waals surface area (Å²) in [5, 5.41) is 3.43. The fraction of sp³-hybridized carbons (Fsp3) is 0.203. The first kappa shape index (κ1) is 42.4. The first-order valence-corrected chi connectivity index (χ1v) is 26.0. The van der Waals surface area contributed by atoms with E-state index in [1.165, 1.54) is 44.8 Å². The average Bonchev–Trinajstić information content (AvgIpc) is 3.90. The van der Waals surface area contributed by atoms with E-state index in [4.69, 9.17) is 13.5 Å². The molecule has 0 unspecified atom stereocenters. The molecule has 1 radical (unpaired) electrons. The number of fused-ring (bicyclic) bond motifs is 4. The van der Waals surface area contributed by atoms with E-state index in [9.17, 15) is 0 Å². The van der Waals surface area contributed by atoms with E-state index in [2.05, 4.69) is 179 Å². The van der Waals surface area contributed by atoms with E-state index < -0.39 is 14.9 Å². The van der Waals surface area contributed by atoms with Crippen LogP contribution in [-0.2, 0) is 20.1 Å². The van der Waals surface area contributed by atoms with Crippen molar-refractivity contribution in [3.05, 3.63) is 186 Å². The predicted molar refractivity (Wildman–Crippen MR) is 275 cm³/mol. The van der Waals surface area contributed by atoms with E-state index in [1.54, 1.807) is 12.1 Å². The van der Waals surface area contributed by atoms with Gasteiger partial charge in [-0.3, -0.25) is 9.97 Å². The molecule has 0 atom stereocenters. The second-order valence-corrected chi connectivity index (χ2v) is 23.8. The van der Waals surface area contributed by atoms with Crippen molar-refractivity contribution in [1.29, 1.82) is 0 Å². The molecule has 0 amide bonds. The van der Waals surface area contributed by atoms with Gasteiger partial charge in [0, 0.05) is 47.7 Å².